The van der Waals surface area contributed by atoms with Crippen molar-refractivity contribution in [1.29, 1.82) is 0 Å². The van der Waals surface area contributed by atoms with Crippen LogP contribution in [0.4, 0.5) is 0 Å². The smallest absolute Gasteiger partial charge is 0.0796 e. The van der Waals surface area contributed by atoms with E-state index in [4.69, 9.17) is 5.73 Å². The summed E-state index contributed by atoms with van der Waals surface area (Å²) in [5.74, 6) is 0. The van der Waals surface area contributed by atoms with Crippen molar-refractivity contribution >= 4 is 0 Å². The molecule has 1 atom stereocenters. The van der Waals surface area contributed by atoms with Gasteiger partial charge in [-0.2, -0.15) is 10.2 Å². The summed E-state index contributed by atoms with van der Waals surface area (Å²) in [6, 6.07) is 12.0. The molecule has 3 rings (SSSR count). The van der Waals surface area contributed by atoms with E-state index in [-0.39, 0.29) is 6.04 Å². The molecule has 0 amide bonds. The topological polar surface area (TPSA) is 61.7 Å². The molecule has 2 heterocycles. The first kappa shape index (κ1) is 13.6. The van der Waals surface area contributed by atoms with Crippen molar-refractivity contribution in [2.24, 2.45) is 12.8 Å². The van der Waals surface area contributed by atoms with E-state index < -0.39 is 0 Å². The van der Waals surface area contributed by atoms with E-state index in [0.29, 0.717) is 0 Å². The number of benzene rings is 1. The molecule has 3 aromatic rings. The molecule has 0 bridgehead atoms. The van der Waals surface area contributed by atoms with E-state index in [1.807, 2.05) is 71.4 Å². The van der Waals surface area contributed by atoms with E-state index in [9.17, 15) is 0 Å². The Bertz CT molecular complexity index is 698. The van der Waals surface area contributed by atoms with Gasteiger partial charge in [0.1, 0.15) is 0 Å². The lowest BCUT2D eigenvalue weighted by molar-refractivity contribution is 0.623. The summed E-state index contributed by atoms with van der Waals surface area (Å²) in [5.41, 5.74) is 9.41. The van der Waals surface area contributed by atoms with Gasteiger partial charge >= 0.3 is 0 Å². The van der Waals surface area contributed by atoms with Crippen molar-refractivity contribution in [3.05, 3.63) is 66.2 Å². The molecule has 21 heavy (non-hydrogen) atoms. The quantitative estimate of drug-likeness (QED) is 0.780. The van der Waals surface area contributed by atoms with Gasteiger partial charge in [-0.25, -0.2) is 4.68 Å². The van der Waals surface area contributed by atoms with Crippen molar-refractivity contribution in [3.63, 3.8) is 0 Å². The number of hydrogen-bond donors (Lipinski definition) is 1. The van der Waals surface area contributed by atoms with E-state index >= 15 is 0 Å². The van der Waals surface area contributed by atoms with Crippen LogP contribution >= 0.6 is 0 Å². The molecular formula is C16H19N5. The normalized spacial score (nSPS) is 12.5. The zero-order valence-electron chi connectivity index (χ0n) is 12.1. The van der Waals surface area contributed by atoms with Crippen LogP contribution in [-0.2, 0) is 13.5 Å². The Kier molecular flexibility index (Phi) is 3.83. The molecule has 0 spiro atoms. The predicted molar refractivity (Wildman–Crippen MR) is 82.0 cm³/mol. The Hall–Kier alpha value is -2.40. The second kappa shape index (κ2) is 5.93. The maximum Gasteiger partial charge on any atom is 0.0796 e. The number of nitrogens with two attached hydrogens (primary N) is 1. The zero-order chi connectivity index (χ0) is 14.7. The standard InChI is InChI=1S/C16H19N5/c1-20-12-13(11-18-20)7-8-15(17)16-9-10-21(19-16)14-5-3-2-4-6-14/h2-6,9-12,15H,7-8,17H2,1H3. The lowest BCUT2D eigenvalue weighted by Crippen LogP contribution is -2.12. The molecule has 108 valence electrons. The van der Waals surface area contributed by atoms with Crippen LogP contribution in [0.5, 0.6) is 0 Å². The summed E-state index contributed by atoms with van der Waals surface area (Å²) in [7, 11) is 1.92. The summed E-state index contributed by atoms with van der Waals surface area (Å²) in [6.07, 6.45) is 7.63. The average Bonchev–Trinajstić information content (AvgIpc) is 3.15. The molecule has 0 fully saturated rings. The Morgan fingerprint density at radius 3 is 2.71 bits per heavy atom. The Morgan fingerprint density at radius 2 is 2.00 bits per heavy atom. The van der Waals surface area contributed by atoms with Crippen molar-refractivity contribution in [2.75, 3.05) is 0 Å². The van der Waals surface area contributed by atoms with Crippen LogP contribution in [0.25, 0.3) is 5.69 Å². The minimum absolute atomic E-state index is 0.0600. The van der Waals surface area contributed by atoms with Gasteiger partial charge in [0.15, 0.2) is 0 Å². The molecule has 5 nitrogen and oxygen atoms in total. The van der Waals surface area contributed by atoms with Gasteiger partial charge < -0.3 is 5.73 Å². The summed E-state index contributed by atoms with van der Waals surface area (Å²) in [6.45, 7) is 0. The third-order valence-corrected chi connectivity index (χ3v) is 3.51. The molecule has 1 unspecified atom stereocenters. The molecule has 0 radical (unpaired) electrons. The van der Waals surface area contributed by atoms with E-state index in [1.54, 1.807) is 0 Å². The van der Waals surface area contributed by atoms with Crippen molar-refractivity contribution in [2.45, 2.75) is 18.9 Å². The maximum absolute atomic E-state index is 6.24. The summed E-state index contributed by atoms with van der Waals surface area (Å²) in [5, 5.41) is 8.74. The number of hydrogen-bond acceptors (Lipinski definition) is 3. The minimum Gasteiger partial charge on any atom is -0.323 e. The van der Waals surface area contributed by atoms with Gasteiger partial charge in [0, 0.05) is 25.5 Å². The van der Waals surface area contributed by atoms with Crippen LogP contribution in [-0.4, -0.2) is 19.6 Å². The number of aryl methyl sites for hydroxylation is 2. The molecule has 0 aliphatic rings. The molecule has 2 N–H and O–H groups in total. The number of aromatic nitrogens is 4. The van der Waals surface area contributed by atoms with Crippen LogP contribution in [0.15, 0.2) is 55.0 Å². The molecule has 0 saturated carbocycles. The second-order valence-electron chi connectivity index (χ2n) is 5.19. The molecular weight excluding hydrogens is 262 g/mol. The Morgan fingerprint density at radius 1 is 1.19 bits per heavy atom. The lowest BCUT2D eigenvalue weighted by atomic mass is 10.1. The highest BCUT2D eigenvalue weighted by molar-refractivity contribution is 5.30. The first-order chi connectivity index (χ1) is 10.2. The molecule has 0 saturated heterocycles. The zero-order valence-corrected chi connectivity index (χ0v) is 12.1. The van der Waals surface area contributed by atoms with Gasteiger partial charge in [-0.3, -0.25) is 4.68 Å². The van der Waals surface area contributed by atoms with Crippen molar-refractivity contribution in [3.8, 4) is 5.69 Å². The Labute approximate surface area is 124 Å². The Balaban J connectivity index is 1.65. The summed E-state index contributed by atoms with van der Waals surface area (Å²) >= 11 is 0. The fourth-order valence-corrected chi connectivity index (χ4v) is 2.33. The third-order valence-electron chi connectivity index (χ3n) is 3.51. The van der Waals surface area contributed by atoms with Crippen LogP contribution in [0, 0.1) is 0 Å². The molecule has 2 aromatic heterocycles. The molecule has 0 aliphatic carbocycles. The van der Waals surface area contributed by atoms with E-state index in [1.165, 1.54) is 5.56 Å². The number of rotatable bonds is 5. The largest absolute Gasteiger partial charge is 0.323 e. The predicted octanol–water partition coefficient (Wildman–Crippen LogP) is 2.24. The minimum atomic E-state index is -0.0600. The maximum atomic E-state index is 6.24. The molecule has 5 heteroatoms. The second-order valence-corrected chi connectivity index (χ2v) is 5.19. The van der Waals surface area contributed by atoms with E-state index in [0.717, 1.165) is 24.2 Å². The fraction of sp³-hybridized carbons (Fsp3) is 0.250. The summed E-state index contributed by atoms with van der Waals surface area (Å²) in [4.78, 5) is 0. The van der Waals surface area contributed by atoms with Crippen molar-refractivity contribution in [1.82, 2.24) is 19.6 Å². The van der Waals surface area contributed by atoms with Gasteiger partial charge in [0.25, 0.3) is 0 Å². The van der Waals surface area contributed by atoms with Crippen LogP contribution in [0.1, 0.15) is 23.7 Å². The monoisotopic (exact) mass is 281 g/mol. The highest BCUT2D eigenvalue weighted by atomic mass is 15.3. The van der Waals surface area contributed by atoms with Crippen LogP contribution in [0.3, 0.4) is 0 Å². The van der Waals surface area contributed by atoms with Crippen molar-refractivity contribution < 1.29 is 0 Å². The SMILES string of the molecule is Cn1cc(CCC(N)c2ccn(-c3ccccc3)n2)cn1. The first-order valence-corrected chi connectivity index (χ1v) is 7.06. The summed E-state index contributed by atoms with van der Waals surface area (Å²) < 4.78 is 3.67. The van der Waals surface area contributed by atoms with Gasteiger partial charge in [0.2, 0.25) is 0 Å². The first-order valence-electron chi connectivity index (χ1n) is 7.06. The average molecular weight is 281 g/mol. The van der Waals surface area contributed by atoms with Crippen LogP contribution in [0.2, 0.25) is 0 Å². The number of nitrogens with zero attached hydrogens (tertiary/aromatic N) is 4. The molecule has 0 aliphatic heterocycles. The van der Waals surface area contributed by atoms with Crippen LogP contribution < -0.4 is 5.73 Å². The van der Waals surface area contributed by atoms with Gasteiger partial charge in [-0.15, -0.1) is 0 Å². The van der Waals surface area contributed by atoms with Gasteiger partial charge in [-0.05, 0) is 36.6 Å². The highest BCUT2D eigenvalue weighted by Gasteiger charge is 2.11. The lowest BCUT2D eigenvalue weighted by Gasteiger charge is -2.07. The number of para-hydroxylation sites is 1. The highest BCUT2D eigenvalue weighted by Crippen LogP contribution is 2.16. The molecule has 1 aromatic carbocycles. The third kappa shape index (κ3) is 3.20. The van der Waals surface area contributed by atoms with Gasteiger partial charge in [0.05, 0.1) is 17.6 Å². The van der Waals surface area contributed by atoms with E-state index in [2.05, 4.69) is 10.2 Å². The van der Waals surface area contributed by atoms with Gasteiger partial charge in [-0.1, -0.05) is 18.2 Å². The fourth-order valence-electron chi connectivity index (χ4n) is 2.33.